The predicted molar refractivity (Wildman–Crippen MR) is 84.4 cm³/mol. The highest BCUT2D eigenvalue weighted by Crippen LogP contribution is 2.32. The average Bonchev–Trinajstić information content (AvgIpc) is 2.74. The molecular weight excluding hydrogens is 313 g/mol. The summed E-state index contributed by atoms with van der Waals surface area (Å²) in [5.74, 6) is 0.387. The molecule has 0 saturated carbocycles. The van der Waals surface area contributed by atoms with E-state index in [1.165, 1.54) is 0 Å². The monoisotopic (exact) mass is 329 g/mol. The van der Waals surface area contributed by atoms with Crippen molar-refractivity contribution in [3.8, 4) is 5.75 Å². The third kappa shape index (κ3) is 4.27. The van der Waals surface area contributed by atoms with Crippen LogP contribution in [0.1, 0.15) is 5.69 Å². The number of hydrogen-bond donors (Lipinski definition) is 2. The molecule has 0 aliphatic rings. The van der Waals surface area contributed by atoms with E-state index in [0.717, 1.165) is 11.4 Å². The first-order valence-electron chi connectivity index (χ1n) is 6.46. The van der Waals surface area contributed by atoms with Crippen LogP contribution in [-0.2, 0) is 7.05 Å². The van der Waals surface area contributed by atoms with Crippen LogP contribution < -0.4 is 10.1 Å². The highest BCUT2D eigenvalue weighted by atomic mass is 35.5. The molecule has 5 nitrogen and oxygen atoms in total. The van der Waals surface area contributed by atoms with Crippen LogP contribution >= 0.6 is 23.2 Å². The van der Waals surface area contributed by atoms with Gasteiger partial charge in [0.25, 0.3) is 0 Å². The van der Waals surface area contributed by atoms with Gasteiger partial charge in [-0.2, -0.15) is 5.10 Å². The molecule has 0 aliphatic carbocycles. The topological polar surface area (TPSA) is 59.3 Å². The number of ether oxygens (including phenoxy) is 1. The molecule has 2 rings (SSSR count). The van der Waals surface area contributed by atoms with Crippen molar-refractivity contribution in [3.05, 3.63) is 40.1 Å². The van der Waals surface area contributed by atoms with Crippen molar-refractivity contribution in [2.24, 2.45) is 7.05 Å². The maximum Gasteiger partial charge on any atom is 0.156 e. The van der Waals surface area contributed by atoms with E-state index in [2.05, 4.69) is 10.4 Å². The lowest BCUT2D eigenvalue weighted by Crippen LogP contribution is -2.26. The van der Waals surface area contributed by atoms with E-state index in [9.17, 15) is 5.11 Å². The lowest BCUT2D eigenvalue weighted by atomic mass is 10.3. The summed E-state index contributed by atoms with van der Waals surface area (Å²) in [6, 6.07) is 5.11. The van der Waals surface area contributed by atoms with E-state index >= 15 is 0 Å². The first-order valence-corrected chi connectivity index (χ1v) is 7.22. The molecule has 1 aromatic carbocycles. The second-order valence-corrected chi connectivity index (χ2v) is 5.51. The molecule has 1 heterocycles. The fraction of sp³-hybridized carbons (Fsp3) is 0.357. The largest absolute Gasteiger partial charge is 0.488 e. The van der Waals surface area contributed by atoms with E-state index in [4.69, 9.17) is 27.9 Å². The summed E-state index contributed by atoms with van der Waals surface area (Å²) >= 11 is 12.0. The van der Waals surface area contributed by atoms with Gasteiger partial charge in [0.1, 0.15) is 12.7 Å². The number of para-hydroxylation sites is 1. The predicted octanol–water partition coefficient (Wildman–Crippen LogP) is 2.89. The molecule has 0 radical (unpaired) electrons. The fourth-order valence-corrected chi connectivity index (χ4v) is 2.37. The van der Waals surface area contributed by atoms with E-state index in [0.29, 0.717) is 22.3 Å². The quantitative estimate of drug-likeness (QED) is 0.855. The van der Waals surface area contributed by atoms with Crippen molar-refractivity contribution in [1.29, 1.82) is 0 Å². The van der Waals surface area contributed by atoms with E-state index in [1.807, 2.05) is 20.2 Å². The van der Waals surface area contributed by atoms with Gasteiger partial charge in [0.05, 0.1) is 21.4 Å². The number of halogens is 2. The SMILES string of the molecule is Cc1nn(C)cc1NCC(O)COc1c(Cl)cccc1Cl. The van der Waals surface area contributed by atoms with Crippen LogP contribution in [-0.4, -0.2) is 34.1 Å². The van der Waals surface area contributed by atoms with Gasteiger partial charge in [-0.25, -0.2) is 0 Å². The van der Waals surface area contributed by atoms with Crippen molar-refractivity contribution >= 4 is 28.9 Å². The molecule has 0 spiro atoms. The zero-order valence-corrected chi connectivity index (χ0v) is 13.3. The Balaban J connectivity index is 1.85. The Labute approximate surface area is 133 Å². The molecule has 7 heteroatoms. The van der Waals surface area contributed by atoms with Gasteiger partial charge in [-0.15, -0.1) is 0 Å². The maximum atomic E-state index is 9.95. The number of aliphatic hydroxyl groups is 1. The van der Waals surface area contributed by atoms with Gasteiger partial charge >= 0.3 is 0 Å². The van der Waals surface area contributed by atoms with Crippen LogP contribution in [0.15, 0.2) is 24.4 Å². The van der Waals surface area contributed by atoms with Crippen molar-refractivity contribution < 1.29 is 9.84 Å². The van der Waals surface area contributed by atoms with Crippen LogP contribution in [0.3, 0.4) is 0 Å². The van der Waals surface area contributed by atoms with Crippen LogP contribution in [0, 0.1) is 6.92 Å². The van der Waals surface area contributed by atoms with Crippen LogP contribution in [0.5, 0.6) is 5.75 Å². The zero-order chi connectivity index (χ0) is 15.4. The second-order valence-electron chi connectivity index (χ2n) is 4.70. The highest BCUT2D eigenvalue weighted by molar-refractivity contribution is 6.37. The molecule has 0 bridgehead atoms. The van der Waals surface area contributed by atoms with Gasteiger partial charge in [-0.1, -0.05) is 29.3 Å². The first-order chi connectivity index (χ1) is 9.97. The molecule has 0 amide bonds. The smallest absolute Gasteiger partial charge is 0.156 e. The van der Waals surface area contributed by atoms with Crippen LogP contribution in [0.2, 0.25) is 10.0 Å². The molecule has 1 aromatic heterocycles. The maximum absolute atomic E-state index is 9.95. The van der Waals surface area contributed by atoms with Crippen molar-refractivity contribution in [2.45, 2.75) is 13.0 Å². The standard InChI is InChI=1S/C14H17Cl2N3O2/c1-9-13(7-19(2)18-9)17-6-10(20)8-21-14-11(15)4-3-5-12(14)16/h3-5,7,10,17,20H,6,8H2,1-2H3. The van der Waals surface area contributed by atoms with Gasteiger partial charge < -0.3 is 15.2 Å². The molecule has 2 N–H and O–H groups in total. The number of aryl methyl sites for hydroxylation is 2. The van der Waals surface area contributed by atoms with E-state index in [-0.39, 0.29) is 6.61 Å². The van der Waals surface area contributed by atoms with E-state index < -0.39 is 6.10 Å². The minimum atomic E-state index is -0.697. The number of aromatic nitrogens is 2. The number of hydrogen-bond acceptors (Lipinski definition) is 4. The molecule has 1 unspecified atom stereocenters. The summed E-state index contributed by atoms with van der Waals surface area (Å²) in [6.45, 7) is 2.33. The highest BCUT2D eigenvalue weighted by Gasteiger charge is 2.11. The van der Waals surface area contributed by atoms with Crippen molar-refractivity contribution in [2.75, 3.05) is 18.5 Å². The van der Waals surface area contributed by atoms with Crippen molar-refractivity contribution in [3.63, 3.8) is 0 Å². The molecular formula is C14H17Cl2N3O2. The molecule has 0 aliphatic heterocycles. The number of nitrogens with one attached hydrogen (secondary N) is 1. The normalized spacial score (nSPS) is 12.2. The summed E-state index contributed by atoms with van der Waals surface area (Å²) < 4.78 is 7.19. The molecule has 0 saturated heterocycles. The van der Waals surface area contributed by atoms with Gasteiger partial charge in [0.15, 0.2) is 5.75 Å². The zero-order valence-electron chi connectivity index (χ0n) is 11.8. The lowest BCUT2D eigenvalue weighted by Gasteiger charge is -2.15. The van der Waals surface area contributed by atoms with Gasteiger partial charge in [-0.05, 0) is 19.1 Å². The molecule has 2 aromatic rings. The molecule has 21 heavy (non-hydrogen) atoms. The number of benzene rings is 1. The Morgan fingerprint density at radius 1 is 1.38 bits per heavy atom. The fourth-order valence-electron chi connectivity index (χ4n) is 1.86. The first kappa shape index (κ1) is 15.9. The van der Waals surface area contributed by atoms with Crippen molar-refractivity contribution in [1.82, 2.24) is 9.78 Å². The minimum absolute atomic E-state index is 0.0930. The number of nitrogens with zero attached hydrogens (tertiary/aromatic N) is 2. The minimum Gasteiger partial charge on any atom is -0.488 e. The van der Waals surface area contributed by atoms with Gasteiger partial charge in [0, 0.05) is 19.8 Å². The van der Waals surface area contributed by atoms with E-state index in [1.54, 1.807) is 22.9 Å². The summed E-state index contributed by atoms with van der Waals surface area (Å²) in [6.07, 6.45) is 1.16. The third-order valence-electron chi connectivity index (χ3n) is 2.88. The summed E-state index contributed by atoms with van der Waals surface area (Å²) in [5.41, 5.74) is 1.76. The van der Waals surface area contributed by atoms with Crippen LogP contribution in [0.25, 0.3) is 0 Å². The summed E-state index contributed by atoms with van der Waals surface area (Å²) in [7, 11) is 1.84. The Morgan fingerprint density at radius 2 is 2.05 bits per heavy atom. The van der Waals surface area contributed by atoms with Gasteiger partial charge in [-0.3, -0.25) is 4.68 Å². The molecule has 1 atom stereocenters. The summed E-state index contributed by atoms with van der Waals surface area (Å²) in [4.78, 5) is 0. The Bertz CT molecular complexity index is 596. The molecule has 0 fully saturated rings. The number of aliphatic hydroxyl groups excluding tert-OH is 1. The lowest BCUT2D eigenvalue weighted by molar-refractivity contribution is 0.117. The third-order valence-corrected chi connectivity index (χ3v) is 3.48. The second kappa shape index (κ2) is 7.02. The average molecular weight is 330 g/mol. The summed E-state index contributed by atoms with van der Waals surface area (Å²) in [5, 5.41) is 18.1. The Morgan fingerprint density at radius 3 is 2.62 bits per heavy atom. The number of rotatable bonds is 6. The van der Waals surface area contributed by atoms with Gasteiger partial charge in [0.2, 0.25) is 0 Å². The number of anilines is 1. The Kier molecular flexibility index (Phi) is 5.33. The molecule has 114 valence electrons. The van der Waals surface area contributed by atoms with Crippen LogP contribution in [0.4, 0.5) is 5.69 Å². The Hall–Kier alpha value is -1.43.